The number of nitrogens with one attached hydrogen (secondary N) is 1. The molecule has 0 saturated carbocycles. The molecule has 108 valence electrons. The van der Waals surface area contributed by atoms with Gasteiger partial charge in [-0.15, -0.1) is 0 Å². The lowest BCUT2D eigenvalue weighted by Gasteiger charge is -2.13. The molecule has 4 heteroatoms. The number of hydrogen-bond donors (Lipinski definition) is 1. The molecular formula is C16H21NO3. The fourth-order valence-electron chi connectivity index (χ4n) is 1.95. The fraction of sp³-hybridized carbons (Fsp3) is 0.375. The minimum atomic E-state index is 0.615. The Kier molecular flexibility index (Phi) is 4.93. The van der Waals surface area contributed by atoms with Crippen molar-refractivity contribution < 1.29 is 13.9 Å². The maximum absolute atomic E-state index is 5.62. The molecule has 1 heterocycles. The third-order valence-electron chi connectivity index (χ3n) is 2.81. The van der Waals surface area contributed by atoms with Crippen LogP contribution in [0.15, 0.2) is 34.7 Å². The van der Waals surface area contributed by atoms with Crippen molar-refractivity contribution in [3.8, 4) is 11.5 Å². The zero-order valence-electron chi connectivity index (χ0n) is 12.2. The third kappa shape index (κ3) is 3.70. The first kappa shape index (κ1) is 14.3. The fourth-order valence-corrected chi connectivity index (χ4v) is 1.95. The number of rotatable bonds is 7. The Morgan fingerprint density at radius 3 is 2.50 bits per heavy atom. The maximum Gasteiger partial charge on any atom is 0.142 e. The molecule has 0 amide bonds. The van der Waals surface area contributed by atoms with Crippen molar-refractivity contribution in [3.05, 3.63) is 41.9 Å². The van der Waals surface area contributed by atoms with Crippen molar-refractivity contribution >= 4 is 5.69 Å². The van der Waals surface area contributed by atoms with Crippen LogP contribution in [0.5, 0.6) is 11.5 Å². The van der Waals surface area contributed by atoms with E-state index in [-0.39, 0.29) is 0 Å². The average molecular weight is 275 g/mol. The van der Waals surface area contributed by atoms with E-state index in [4.69, 9.17) is 13.9 Å². The van der Waals surface area contributed by atoms with Crippen LogP contribution in [-0.4, -0.2) is 13.2 Å². The van der Waals surface area contributed by atoms with Crippen molar-refractivity contribution in [2.24, 2.45) is 0 Å². The van der Waals surface area contributed by atoms with Gasteiger partial charge in [-0.2, -0.15) is 0 Å². The number of furan rings is 1. The molecule has 2 rings (SSSR count). The molecule has 1 aromatic heterocycles. The molecule has 0 radical (unpaired) electrons. The molecule has 2 aromatic rings. The molecule has 0 aliphatic rings. The minimum absolute atomic E-state index is 0.615. The van der Waals surface area contributed by atoms with E-state index in [0.717, 1.165) is 28.7 Å². The Morgan fingerprint density at radius 1 is 1.05 bits per heavy atom. The second-order valence-corrected chi connectivity index (χ2v) is 4.39. The predicted octanol–water partition coefficient (Wildman–Crippen LogP) is 4.00. The number of aryl methyl sites for hydroxylation is 1. The Bertz CT molecular complexity index is 548. The maximum atomic E-state index is 5.62. The highest BCUT2D eigenvalue weighted by Crippen LogP contribution is 2.30. The molecular weight excluding hydrogens is 254 g/mol. The van der Waals surface area contributed by atoms with Gasteiger partial charge in [0.15, 0.2) is 0 Å². The van der Waals surface area contributed by atoms with Crippen LogP contribution in [0.1, 0.15) is 25.4 Å². The van der Waals surface area contributed by atoms with Crippen LogP contribution in [0.4, 0.5) is 5.69 Å². The van der Waals surface area contributed by atoms with E-state index in [2.05, 4.69) is 5.32 Å². The average Bonchev–Trinajstić information content (AvgIpc) is 2.85. The summed E-state index contributed by atoms with van der Waals surface area (Å²) in [7, 11) is 0. The smallest absolute Gasteiger partial charge is 0.142 e. The normalized spacial score (nSPS) is 10.3. The Morgan fingerprint density at radius 2 is 1.85 bits per heavy atom. The van der Waals surface area contributed by atoms with Crippen LogP contribution in [0.3, 0.4) is 0 Å². The van der Waals surface area contributed by atoms with Crippen LogP contribution in [0.25, 0.3) is 0 Å². The summed E-state index contributed by atoms with van der Waals surface area (Å²) in [4.78, 5) is 0. The van der Waals surface area contributed by atoms with E-state index < -0.39 is 0 Å². The van der Waals surface area contributed by atoms with Crippen LogP contribution in [0.2, 0.25) is 0 Å². The van der Waals surface area contributed by atoms with Gasteiger partial charge in [-0.05, 0) is 45.0 Å². The molecule has 0 fully saturated rings. The zero-order chi connectivity index (χ0) is 14.4. The van der Waals surface area contributed by atoms with Crippen molar-refractivity contribution in [1.29, 1.82) is 0 Å². The highest BCUT2D eigenvalue weighted by atomic mass is 16.5. The van der Waals surface area contributed by atoms with Crippen LogP contribution in [-0.2, 0) is 6.54 Å². The lowest BCUT2D eigenvalue weighted by molar-refractivity contribution is 0.331. The number of ether oxygens (including phenoxy) is 2. The van der Waals surface area contributed by atoms with Gasteiger partial charge in [-0.3, -0.25) is 0 Å². The van der Waals surface area contributed by atoms with E-state index in [0.29, 0.717) is 19.8 Å². The van der Waals surface area contributed by atoms with Crippen LogP contribution in [0, 0.1) is 6.92 Å². The highest BCUT2D eigenvalue weighted by molar-refractivity contribution is 5.59. The SMILES string of the molecule is CCOc1ccc(OCC)c(NCc2ccc(C)o2)c1. The molecule has 0 atom stereocenters. The molecule has 0 aliphatic carbocycles. The second-order valence-electron chi connectivity index (χ2n) is 4.39. The monoisotopic (exact) mass is 275 g/mol. The minimum Gasteiger partial charge on any atom is -0.494 e. The predicted molar refractivity (Wildman–Crippen MR) is 79.6 cm³/mol. The number of benzene rings is 1. The standard InChI is InChI=1S/C16H21NO3/c1-4-18-13-8-9-16(19-5-2)15(10-13)17-11-14-7-6-12(3)20-14/h6-10,17H,4-5,11H2,1-3H3. The van der Waals surface area contributed by atoms with E-state index in [1.807, 2.05) is 51.1 Å². The summed E-state index contributed by atoms with van der Waals surface area (Å²) < 4.78 is 16.7. The number of anilines is 1. The Balaban J connectivity index is 2.11. The lowest BCUT2D eigenvalue weighted by atomic mass is 10.2. The van der Waals surface area contributed by atoms with E-state index in [1.165, 1.54) is 0 Å². The van der Waals surface area contributed by atoms with Crippen LogP contribution >= 0.6 is 0 Å². The topological polar surface area (TPSA) is 43.6 Å². The Hall–Kier alpha value is -2.10. The molecule has 0 unspecified atom stereocenters. The first-order chi connectivity index (χ1) is 9.72. The zero-order valence-corrected chi connectivity index (χ0v) is 12.2. The van der Waals surface area contributed by atoms with E-state index in [9.17, 15) is 0 Å². The summed E-state index contributed by atoms with van der Waals surface area (Å²) in [6.07, 6.45) is 0. The highest BCUT2D eigenvalue weighted by Gasteiger charge is 2.07. The third-order valence-corrected chi connectivity index (χ3v) is 2.81. The van der Waals surface area contributed by atoms with E-state index >= 15 is 0 Å². The summed E-state index contributed by atoms with van der Waals surface area (Å²) >= 11 is 0. The molecule has 20 heavy (non-hydrogen) atoms. The van der Waals surface area contributed by atoms with Gasteiger partial charge in [0.25, 0.3) is 0 Å². The van der Waals surface area contributed by atoms with Gasteiger partial charge in [0.05, 0.1) is 25.4 Å². The van der Waals surface area contributed by atoms with Gasteiger partial charge in [0, 0.05) is 6.07 Å². The molecule has 1 N–H and O–H groups in total. The van der Waals surface area contributed by atoms with Crippen LogP contribution < -0.4 is 14.8 Å². The van der Waals surface area contributed by atoms with Crippen molar-refractivity contribution in [1.82, 2.24) is 0 Å². The molecule has 0 aliphatic heterocycles. The van der Waals surface area contributed by atoms with Gasteiger partial charge >= 0.3 is 0 Å². The van der Waals surface area contributed by atoms with Gasteiger partial charge in [-0.25, -0.2) is 0 Å². The number of hydrogen-bond acceptors (Lipinski definition) is 4. The summed E-state index contributed by atoms with van der Waals surface area (Å²) in [5, 5.41) is 3.33. The van der Waals surface area contributed by atoms with Gasteiger partial charge in [-0.1, -0.05) is 0 Å². The molecule has 1 aromatic carbocycles. The Labute approximate surface area is 119 Å². The summed E-state index contributed by atoms with van der Waals surface area (Å²) in [6, 6.07) is 9.71. The van der Waals surface area contributed by atoms with Gasteiger partial charge < -0.3 is 19.2 Å². The summed E-state index contributed by atoms with van der Waals surface area (Å²) in [5.41, 5.74) is 0.909. The quantitative estimate of drug-likeness (QED) is 0.829. The van der Waals surface area contributed by atoms with Gasteiger partial charge in [0.1, 0.15) is 23.0 Å². The molecule has 0 bridgehead atoms. The van der Waals surface area contributed by atoms with Crippen molar-refractivity contribution in [2.45, 2.75) is 27.3 Å². The molecule has 4 nitrogen and oxygen atoms in total. The first-order valence-electron chi connectivity index (χ1n) is 6.91. The summed E-state index contributed by atoms with van der Waals surface area (Å²) in [6.45, 7) is 7.76. The second kappa shape index (κ2) is 6.89. The summed E-state index contributed by atoms with van der Waals surface area (Å²) in [5.74, 6) is 3.45. The largest absolute Gasteiger partial charge is 0.494 e. The van der Waals surface area contributed by atoms with Gasteiger partial charge in [0.2, 0.25) is 0 Å². The van der Waals surface area contributed by atoms with Crippen molar-refractivity contribution in [3.63, 3.8) is 0 Å². The lowest BCUT2D eigenvalue weighted by Crippen LogP contribution is -2.03. The molecule has 0 spiro atoms. The van der Waals surface area contributed by atoms with E-state index in [1.54, 1.807) is 0 Å². The molecule has 0 saturated heterocycles. The first-order valence-corrected chi connectivity index (χ1v) is 6.91. The van der Waals surface area contributed by atoms with Crippen molar-refractivity contribution in [2.75, 3.05) is 18.5 Å².